The van der Waals surface area contributed by atoms with Crippen LogP contribution in [0, 0.1) is 0 Å². The smallest absolute Gasteiger partial charge is 0.309 e. The van der Waals surface area contributed by atoms with Crippen molar-refractivity contribution in [2.45, 2.75) is 25.6 Å². The zero-order valence-electron chi connectivity index (χ0n) is 16.0. The van der Waals surface area contributed by atoms with Crippen molar-refractivity contribution in [3.05, 3.63) is 81.9 Å². The molecule has 0 unspecified atom stereocenters. The topological polar surface area (TPSA) is 74.6 Å². The zero-order chi connectivity index (χ0) is 20.1. The van der Waals surface area contributed by atoms with Crippen molar-refractivity contribution >= 4 is 23.2 Å². The molecule has 0 saturated heterocycles. The molecule has 0 aliphatic carbocycles. The van der Waals surface area contributed by atoms with Gasteiger partial charge in [0.15, 0.2) is 0 Å². The minimum Gasteiger partial charge on any atom is -0.468 e. The van der Waals surface area contributed by atoms with Gasteiger partial charge in [-0.2, -0.15) is 0 Å². The fourth-order valence-electron chi connectivity index (χ4n) is 3.60. The number of nitrogens with zero attached hydrogens (tertiary/aromatic N) is 1. The SMILES string of the molecule is O=C(NCc1cccs1)C(=O)NC[C@H](c1ccco1)N1CCc2ccccc2C1. The first-order chi connectivity index (χ1) is 14.2. The quantitative estimate of drug-likeness (QED) is 0.614. The molecule has 3 heterocycles. The first-order valence-electron chi connectivity index (χ1n) is 9.63. The Kier molecular flexibility index (Phi) is 6.07. The van der Waals surface area contributed by atoms with E-state index in [-0.39, 0.29) is 6.04 Å². The second kappa shape index (κ2) is 9.07. The van der Waals surface area contributed by atoms with Crippen molar-refractivity contribution in [2.24, 2.45) is 0 Å². The van der Waals surface area contributed by atoms with E-state index < -0.39 is 11.8 Å². The highest BCUT2D eigenvalue weighted by molar-refractivity contribution is 7.09. The maximum absolute atomic E-state index is 12.3. The molecule has 0 saturated carbocycles. The van der Waals surface area contributed by atoms with Crippen molar-refractivity contribution in [1.82, 2.24) is 15.5 Å². The first kappa shape index (κ1) is 19.4. The molecule has 0 fully saturated rings. The van der Waals surface area contributed by atoms with Crippen LogP contribution >= 0.6 is 11.3 Å². The molecule has 6 nitrogen and oxygen atoms in total. The lowest BCUT2D eigenvalue weighted by molar-refractivity contribution is -0.139. The summed E-state index contributed by atoms with van der Waals surface area (Å²) in [4.78, 5) is 27.7. The van der Waals surface area contributed by atoms with Gasteiger partial charge in [-0.05, 0) is 41.1 Å². The minimum absolute atomic E-state index is 0.132. The van der Waals surface area contributed by atoms with Crippen LogP contribution in [0.2, 0.25) is 0 Å². The normalized spacial score (nSPS) is 14.8. The third-order valence-electron chi connectivity index (χ3n) is 5.14. The van der Waals surface area contributed by atoms with Gasteiger partial charge >= 0.3 is 11.8 Å². The van der Waals surface area contributed by atoms with Crippen LogP contribution in [0.25, 0.3) is 0 Å². The van der Waals surface area contributed by atoms with E-state index in [2.05, 4.69) is 33.7 Å². The van der Waals surface area contributed by atoms with Crippen molar-refractivity contribution in [3.8, 4) is 0 Å². The number of thiophene rings is 1. The molecule has 1 aliphatic heterocycles. The van der Waals surface area contributed by atoms with E-state index in [0.29, 0.717) is 13.1 Å². The number of carbonyl (C=O) groups is 2. The molecular formula is C22H23N3O3S. The molecule has 3 aromatic rings. The predicted molar refractivity (Wildman–Crippen MR) is 111 cm³/mol. The summed E-state index contributed by atoms with van der Waals surface area (Å²) in [5.41, 5.74) is 2.65. The van der Waals surface area contributed by atoms with Gasteiger partial charge in [0.05, 0.1) is 18.8 Å². The average Bonchev–Trinajstić information content (AvgIpc) is 3.46. The number of benzene rings is 1. The Balaban J connectivity index is 1.38. The number of hydrogen-bond acceptors (Lipinski definition) is 5. The van der Waals surface area contributed by atoms with Crippen LogP contribution in [-0.4, -0.2) is 29.8 Å². The summed E-state index contributed by atoms with van der Waals surface area (Å²) in [6.45, 7) is 2.31. The number of fused-ring (bicyclic) bond motifs is 1. The van der Waals surface area contributed by atoms with Crippen molar-refractivity contribution < 1.29 is 14.0 Å². The monoisotopic (exact) mass is 409 g/mol. The van der Waals surface area contributed by atoms with Crippen molar-refractivity contribution in [3.63, 3.8) is 0 Å². The van der Waals surface area contributed by atoms with Gasteiger partial charge in [0, 0.05) is 24.5 Å². The van der Waals surface area contributed by atoms with Gasteiger partial charge in [0.25, 0.3) is 0 Å². The molecule has 2 amide bonds. The molecule has 2 N–H and O–H groups in total. The summed E-state index contributed by atoms with van der Waals surface area (Å²) in [6.07, 6.45) is 2.58. The van der Waals surface area contributed by atoms with Gasteiger partial charge in [-0.15, -0.1) is 11.3 Å². The summed E-state index contributed by atoms with van der Waals surface area (Å²) in [5.74, 6) is -0.472. The van der Waals surface area contributed by atoms with Gasteiger partial charge in [0.1, 0.15) is 5.76 Å². The van der Waals surface area contributed by atoms with Crippen LogP contribution in [0.1, 0.15) is 27.8 Å². The summed E-state index contributed by atoms with van der Waals surface area (Å²) in [7, 11) is 0. The lowest BCUT2D eigenvalue weighted by Crippen LogP contribution is -2.44. The second-order valence-electron chi connectivity index (χ2n) is 6.99. The molecule has 1 aromatic carbocycles. The van der Waals surface area contributed by atoms with E-state index in [4.69, 9.17) is 4.42 Å². The zero-order valence-corrected chi connectivity index (χ0v) is 16.8. The first-order valence-corrected chi connectivity index (χ1v) is 10.5. The van der Waals surface area contributed by atoms with E-state index in [1.807, 2.05) is 35.7 Å². The summed E-state index contributed by atoms with van der Waals surface area (Å²) in [5, 5.41) is 7.37. The minimum atomic E-state index is -0.629. The highest BCUT2D eigenvalue weighted by Gasteiger charge is 2.27. The van der Waals surface area contributed by atoms with Crippen molar-refractivity contribution in [2.75, 3.05) is 13.1 Å². The van der Waals surface area contributed by atoms with Crippen LogP contribution in [-0.2, 0) is 29.1 Å². The van der Waals surface area contributed by atoms with Crippen LogP contribution in [0.4, 0.5) is 0 Å². The Labute approximate surface area is 173 Å². The maximum atomic E-state index is 12.3. The molecule has 2 aromatic heterocycles. The van der Waals surface area contributed by atoms with Crippen LogP contribution in [0.5, 0.6) is 0 Å². The van der Waals surface area contributed by atoms with E-state index in [1.165, 1.54) is 11.1 Å². The molecule has 1 atom stereocenters. The molecule has 0 bridgehead atoms. The van der Waals surface area contributed by atoms with Gasteiger partial charge in [-0.3, -0.25) is 14.5 Å². The fraction of sp³-hybridized carbons (Fsp3) is 0.273. The van der Waals surface area contributed by atoms with Crippen LogP contribution < -0.4 is 10.6 Å². The Hall–Kier alpha value is -2.90. The number of rotatable bonds is 6. The number of hydrogen-bond donors (Lipinski definition) is 2. The largest absolute Gasteiger partial charge is 0.468 e. The Bertz CT molecular complexity index is 954. The van der Waals surface area contributed by atoms with E-state index in [9.17, 15) is 9.59 Å². The highest BCUT2D eigenvalue weighted by atomic mass is 32.1. The van der Waals surface area contributed by atoms with E-state index in [1.54, 1.807) is 17.6 Å². The molecule has 29 heavy (non-hydrogen) atoms. The fourth-order valence-corrected chi connectivity index (χ4v) is 4.25. The van der Waals surface area contributed by atoms with Gasteiger partial charge < -0.3 is 15.1 Å². The van der Waals surface area contributed by atoms with Crippen molar-refractivity contribution in [1.29, 1.82) is 0 Å². The molecule has 0 radical (unpaired) electrons. The molecule has 1 aliphatic rings. The molecule has 150 valence electrons. The average molecular weight is 410 g/mol. The molecule has 0 spiro atoms. The Morgan fingerprint density at radius 1 is 1.03 bits per heavy atom. The van der Waals surface area contributed by atoms with Crippen LogP contribution in [0.3, 0.4) is 0 Å². The lowest BCUT2D eigenvalue weighted by atomic mass is 9.98. The van der Waals surface area contributed by atoms with E-state index in [0.717, 1.165) is 30.1 Å². The molecular weight excluding hydrogens is 386 g/mol. The number of amides is 2. The number of nitrogens with one attached hydrogen (secondary N) is 2. The van der Waals surface area contributed by atoms with Crippen LogP contribution in [0.15, 0.2) is 64.6 Å². The molecule has 4 rings (SSSR count). The second-order valence-corrected chi connectivity index (χ2v) is 8.02. The van der Waals surface area contributed by atoms with Gasteiger partial charge in [0.2, 0.25) is 0 Å². The summed E-state index contributed by atoms with van der Waals surface area (Å²) < 4.78 is 5.63. The Morgan fingerprint density at radius 2 is 1.86 bits per heavy atom. The standard InChI is InChI=1S/C22H23N3O3S/c26-21(23-13-18-7-4-12-29-18)22(27)24-14-19(20-8-3-11-28-20)25-10-9-16-5-1-2-6-17(16)15-25/h1-8,11-12,19H,9-10,13-15H2,(H,23,26)(H,24,27)/t19-/m1/s1. The predicted octanol–water partition coefficient (Wildman–Crippen LogP) is 2.87. The summed E-state index contributed by atoms with van der Waals surface area (Å²) >= 11 is 1.54. The third kappa shape index (κ3) is 4.75. The van der Waals surface area contributed by atoms with E-state index >= 15 is 0 Å². The highest BCUT2D eigenvalue weighted by Crippen LogP contribution is 2.27. The maximum Gasteiger partial charge on any atom is 0.309 e. The summed E-state index contributed by atoms with van der Waals surface area (Å²) in [6, 6.07) is 15.9. The van der Waals surface area contributed by atoms with Gasteiger partial charge in [-0.1, -0.05) is 30.3 Å². The number of furan rings is 1. The Morgan fingerprint density at radius 3 is 2.62 bits per heavy atom. The lowest BCUT2D eigenvalue weighted by Gasteiger charge is -2.34. The molecule has 7 heteroatoms. The van der Waals surface area contributed by atoms with Gasteiger partial charge in [-0.25, -0.2) is 0 Å². The third-order valence-corrected chi connectivity index (χ3v) is 6.01. The number of carbonyl (C=O) groups excluding carboxylic acids is 2.